The van der Waals surface area contributed by atoms with Gasteiger partial charge in [-0.3, -0.25) is 9.59 Å². The number of allylic oxidation sites excluding steroid dienone is 4. The third-order valence-electron chi connectivity index (χ3n) is 6.81. The van der Waals surface area contributed by atoms with Crippen LogP contribution in [0.3, 0.4) is 0 Å². The molecule has 0 aliphatic carbocycles. The largest absolute Gasteiger partial charge is 0.508 e. The number of rotatable bonds is 10. The summed E-state index contributed by atoms with van der Waals surface area (Å²) in [5.74, 6) is -0.690. The number of carbonyl (C=O) groups excluding carboxylic acids is 1. The van der Waals surface area contributed by atoms with Crippen LogP contribution < -0.4 is 4.74 Å². The van der Waals surface area contributed by atoms with Crippen LogP contribution in [-0.2, 0) is 17.8 Å². The van der Waals surface area contributed by atoms with Gasteiger partial charge < -0.3 is 25.0 Å². The molecule has 186 valence electrons. The predicted octanol–water partition coefficient (Wildman–Crippen LogP) is 4.74. The molecule has 34 heavy (non-hydrogen) atoms. The first-order valence-corrected chi connectivity index (χ1v) is 12.1. The highest BCUT2D eigenvalue weighted by atomic mass is 16.5. The molecule has 7 nitrogen and oxygen atoms in total. The third kappa shape index (κ3) is 5.81. The average molecular weight is 472 g/mol. The molecule has 0 aromatic heterocycles. The van der Waals surface area contributed by atoms with Gasteiger partial charge in [-0.15, -0.1) is 0 Å². The van der Waals surface area contributed by atoms with Crippen molar-refractivity contribution in [2.45, 2.75) is 90.9 Å². The van der Waals surface area contributed by atoms with Gasteiger partial charge >= 0.3 is 5.97 Å². The average Bonchev–Trinajstić information content (AvgIpc) is 3.05. The summed E-state index contributed by atoms with van der Waals surface area (Å²) in [7, 11) is 0. The summed E-state index contributed by atoms with van der Waals surface area (Å²) in [5.41, 5.74) is 3.39. The minimum Gasteiger partial charge on any atom is -0.508 e. The molecule has 0 radical (unpaired) electrons. The van der Waals surface area contributed by atoms with Gasteiger partial charge in [0.25, 0.3) is 5.91 Å². The van der Waals surface area contributed by atoms with Gasteiger partial charge in [-0.1, -0.05) is 23.3 Å². The van der Waals surface area contributed by atoms with Crippen molar-refractivity contribution in [2.75, 3.05) is 6.54 Å². The lowest BCUT2D eigenvalue weighted by Crippen LogP contribution is -2.49. The number of aromatic hydroxyl groups is 1. The minimum atomic E-state index is -0.895. The molecule has 2 unspecified atom stereocenters. The van der Waals surface area contributed by atoms with Crippen molar-refractivity contribution in [2.24, 2.45) is 0 Å². The summed E-state index contributed by atoms with van der Waals surface area (Å²) in [6, 6.07) is 1.45. The number of carboxylic acids is 1. The molecule has 0 fully saturated rings. The Labute approximate surface area is 201 Å². The molecule has 1 amide bonds. The number of ether oxygens (including phenoxy) is 1. The highest BCUT2D eigenvalue weighted by Crippen LogP contribution is 2.46. The highest BCUT2D eigenvalue weighted by Gasteiger charge is 2.44. The van der Waals surface area contributed by atoms with E-state index in [4.69, 9.17) is 9.84 Å². The quantitative estimate of drug-likeness (QED) is 0.426. The van der Waals surface area contributed by atoms with Gasteiger partial charge in [-0.05, 0) is 65.9 Å². The lowest BCUT2D eigenvalue weighted by atomic mass is 9.84. The Bertz CT molecular complexity index is 1010. The monoisotopic (exact) mass is 471 g/mol. The normalized spacial score (nSPS) is 21.7. The second kappa shape index (κ2) is 10.6. The van der Waals surface area contributed by atoms with E-state index in [9.17, 15) is 19.8 Å². The SMILES string of the molecule is CC(C)=CCCC(C)=CCCC1(C)Oc2c(c(O)cc3c2CN(CCCC(=O)O)C3=O)CC1O. The fourth-order valence-electron chi connectivity index (χ4n) is 4.66. The van der Waals surface area contributed by atoms with E-state index < -0.39 is 17.7 Å². The van der Waals surface area contributed by atoms with Gasteiger partial charge in [0.15, 0.2) is 0 Å². The van der Waals surface area contributed by atoms with Crippen LogP contribution in [-0.4, -0.2) is 50.3 Å². The number of phenolic OH excluding ortho intramolecular Hbond substituents is 1. The number of amides is 1. The lowest BCUT2D eigenvalue weighted by Gasteiger charge is -2.40. The van der Waals surface area contributed by atoms with Crippen LogP contribution in [0.2, 0.25) is 0 Å². The van der Waals surface area contributed by atoms with Crippen molar-refractivity contribution < 1.29 is 29.6 Å². The standard InChI is InChI=1S/C27H37NO6/c1-17(2)8-5-9-18(3)10-6-12-27(4)23(30)15-20-22(29)14-19-21(25(20)34-27)16-28(26(19)33)13-7-11-24(31)32/h8,10,14,23,29-30H,5-7,9,11-13,15-16H2,1-4H3,(H,31,32). The smallest absolute Gasteiger partial charge is 0.303 e. The number of aliphatic hydroxyl groups is 1. The molecule has 0 saturated carbocycles. The van der Waals surface area contributed by atoms with Crippen LogP contribution in [0.4, 0.5) is 0 Å². The van der Waals surface area contributed by atoms with Gasteiger partial charge in [0.05, 0.1) is 18.2 Å². The maximum Gasteiger partial charge on any atom is 0.303 e. The molecule has 2 heterocycles. The molecule has 0 saturated heterocycles. The molecule has 2 aliphatic rings. The number of fused-ring (bicyclic) bond motifs is 3. The second-order valence-electron chi connectivity index (χ2n) is 10.00. The Morgan fingerprint density at radius 1 is 1.21 bits per heavy atom. The first-order chi connectivity index (χ1) is 16.0. The van der Waals surface area contributed by atoms with E-state index in [1.807, 2.05) is 6.92 Å². The first kappa shape index (κ1) is 25.8. The van der Waals surface area contributed by atoms with Gasteiger partial charge in [0, 0.05) is 30.5 Å². The van der Waals surface area contributed by atoms with Crippen LogP contribution in [0.15, 0.2) is 29.4 Å². The van der Waals surface area contributed by atoms with Crippen LogP contribution in [0.25, 0.3) is 0 Å². The number of phenols is 1. The van der Waals surface area contributed by atoms with Crippen molar-refractivity contribution in [3.63, 3.8) is 0 Å². The number of aliphatic hydroxyl groups excluding tert-OH is 1. The Morgan fingerprint density at radius 2 is 1.94 bits per heavy atom. The van der Waals surface area contributed by atoms with Crippen LogP contribution >= 0.6 is 0 Å². The van der Waals surface area contributed by atoms with Crippen LogP contribution in [0.5, 0.6) is 11.5 Å². The van der Waals surface area contributed by atoms with Crippen molar-refractivity contribution in [1.29, 1.82) is 0 Å². The number of benzene rings is 1. The fraction of sp³-hybridized carbons (Fsp3) is 0.556. The summed E-state index contributed by atoms with van der Waals surface area (Å²) in [6.45, 7) is 8.82. The molecule has 1 aromatic carbocycles. The Hall–Kier alpha value is -2.80. The summed E-state index contributed by atoms with van der Waals surface area (Å²) in [5, 5.41) is 30.4. The van der Waals surface area contributed by atoms with Gasteiger partial charge in [-0.25, -0.2) is 0 Å². The predicted molar refractivity (Wildman–Crippen MR) is 130 cm³/mol. The number of hydrogen-bond acceptors (Lipinski definition) is 5. The van der Waals surface area contributed by atoms with Crippen molar-refractivity contribution in [3.8, 4) is 11.5 Å². The van der Waals surface area contributed by atoms with Crippen molar-refractivity contribution in [1.82, 2.24) is 4.90 Å². The van der Waals surface area contributed by atoms with E-state index >= 15 is 0 Å². The number of aliphatic carboxylic acids is 1. The Morgan fingerprint density at radius 3 is 2.62 bits per heavy atom. The van der Waals surface area contributed by atoms with E-state index in [1.54, 1.807) is 4.90 Å². The molecule has 3 N–H and O–H groups in total. The zero-order valence-corrected chi connectivity index (χ0v) is 20.7. The second-order valence-corrected chi connectivity index (χ2v) is 10.00. The Kier molecular flexibility index (Phi) is 8.08. The molecule has 3 rings (SSSR count). The van der Waals surface area contributed by atoms with Gasteiger partial charge in [0.2, 0.25) is 0 Å². The summed E-state index contributed by atoms with van der Waals surface area (Å²) < 4.78 is 6.37. The van der Waals surface area contributed by atoms with E-state index in [0.29, 0.717) is 48.4 Å². The van der Waals surface area contributed by atoms with E-state index in [0.717, 1.165) is 19.3 Å². The maximum absolute atomic E-state index is 12.9. The summed E-state index contributed by atoms with van der Waals surface area (Å²) in [4.78, 5) is 25.3. The number of carbonyl (C=O) groups is 2. The van der Waals surface area contributed by atoms with E-state index in [-0.39, 0.29) is 24.5 Å². The first-order valence-electron chi connectivity index (χ1n) is 12.1. The minimum absolute atomic E-state index is 0.00841. The van der Waals surface area contributed by atoms with Crippen molar-refractivity contribution in [3.05, 3.63) is 46.1 Å². The lowest BCUT2D eigenvalue weighted by molar-refractivity contribution is -0.137. The van der Waals surface area contributed by atoms with Crippen LogP contribution in [0, 0.1) is 0 Å². The molecular formula is C27H37NO6. The summed E-state index contributed by atoms with van der Waals surface area (Å²) >= 11 is 0. The molecular weight excluding hydrogens is 434 g/mol. The third-order valence-corrected chi connectivity index (χ3v) is 6.81. The zero-order valence-electron chi connectivity index (χ0n) is 20.7. The molecule has 2 atom stereocenters. The highest BCUT2D eigenvalue weighted by molar-refractivity contribution is 6.00. The number of hydrogen-bond donors (Lipinski definition) is 3. The Balaban J connectivity index is 1.74. The van der Waals surface area contributed by atoms with E-state index in [1.165, 1.54) is 17.2 Å². The van der Waals surface area contributed by atoms with Gasteiger partial charge in [0.1, 0.15) is 17.1 Å². The molecule has 7 heteroatoms. The molecule has 1 aromatic rings. The number of carboxylic acid groups (broad SMARTS) is 1. The molecule has 0 spiro atoms. The van der Waals surface area contributed by atoms with Gasteiger partial charge in [-0.2, -0.15) is 0 Å². The zero-order chi connectivity index (χ0) is 25.0. The maximum atomic E-state index is 12.9. The fourth-order valence-corrected chi connectivity index (χ4v) is 4.66. The summed E-state index contributed by atoms with van der Waals surface area (Å²) in [6.07, 6.45) is 7.60. The topological polar surface area (TPSA) is 107 Å². The van der Waals surface area contributed by atoms with E-state index in [2.05, 4.69) is 32.9 Å². The van der Waals surface area contributed by atoms with Crippen molar-refractivity contribution >= 4 is 11.9 Å². The molecule has 2 aliphatic heterocycles. The van der Waals surface area contributed by atoms with Crippen LogP contribution in [0.1, 0.15) is 87.7 Å². The molecule has 0 bridgehead atoms. The number of nitrogens with zero attached hydrogens (tertiary/aromatic N) is 1.